The van der Waals surface area contributed by atoms with Crippen molar-refractivity contribution in [2.45, 2.75) is 25.4 Å². The molecule has 1 aromatic rings. The zero-order valence-electron chi connectivity index (χ0n) is 14.2. The average molecular weight is 371 g/mol. The van der Waals surface area contributed by atoms with Crippen LogP contribution < -0.4 is 33.1 Å². The van der Waals surface area contributed by atoms with Gasteiger partial charge in [-0.3, -0.25) is 4.79 Å². The molecule has 4 nitrogen and oxygen atoms in total. The summed E-state index contributed by atoms with van der Waals surface area (Å²) < 4.78 is 16.6. The molecule has 21 heavy (non-hydrogen) atoms. The SMILES string of the molecule is COc1cc(Br)c(OC)c(C(=O)CCC(C)P)c1OC.[H-].[Li+]. The summed E-state index contributed by atoms with van der Waals surface area (Å²) in [5, 5.41) is 0. The van der Waals surface area contributed by atoms with Crippen LogP contribution in [0.4, 0.5) is 0 Å². The van der Waals surface area contributed by atoms with Crippen molar-refractivity contribution in [3.63, 3.8) is 0 Å². The molecule has 0 aliphatic rings. The maximum atomic E-state index is 12.5. The molecule has 0 N–H and O–H groups in total. The molecule has 0 aliphatic carbocycles. The van der Waals surface area contributed by atoms with Crippen molar-refractivity contribution in [2.75, 3.05) is 21.3 Å². The molecule has 7 heteroatoms. The van der Waals surface area contributed by atoms with Gasteiger partial charge in [-0.05, 0) is 28.0 Å². The van der Waals surface area contributed by atoms with Crippen molar-refractivity contribution < 1.29 is 39.3 Å². The van der Waals surface area contributed by atoms with Gasteiger partial charge in [0.1, 0.15) is 11.3 Å². The minimum atomic E-state index is -0.0207. The van der Waals surface area contributed by atoms with Crippen LogP contribution >= 0.6 is 25.2 Å². The van der Waals surface area contributed by atoms with Crippen molar-refractivity contribution in [2.24, 2.45) is 0 Å². The molecule has 0 aliphatic heterocycles. The Morgan fingerprint density at radius 2 is 1.86 bits per heavy atom. The molecule has 114 valence electrons. The van der Waals surface area contributed by atoms with Gasteiger partial charge < -0.3 is 15.6 Å². The first-order valence-electron chi connectivity index (χ1n) is 6.23. The second-order valence-electron chi connectivity index (χ2n) is 4.44. The number of carbonyl (C=O) groups is 1. The summed E-state index contributed by atoms with van der Waals surface area (Å²) >= 11 is 3.39. The van der Waals surface area contributed by atoms with Gasteiger partial charge >= 0.3 is 18.9 Å². The number of rotatable bonds is 7. The number of carbonyl (C=O) groups excluding carboxylic acids is 1. The van der Waals surface area contributed by atoms with Gasteiger partial charge in [-0.15, -0.1) is 9.24 Å². The molecule has 1 rings (SSSR count). The van der Waals surface area contributed by atoms with Crippen LogP contribution in [-0.2, 0) is 0 Å². The average Bonchev–Trinajstić information content (AvgIpc) is 2.43. The summed E-state index contributed by atoms with van der Waals surface area (Å²) in [5.41, 5.74) is 0.803. The molecule has 0 saturated carbocycles. The van der Waals surface area contributed by atoms with Gasteiger partial charge in [0, 0.05) is 12.5 Å². The van der Waals surface area contributed by atoms with E-state index in [0.29, 0.717) is 39.4 Å². The number of ether oxygens (including phenoxy) is 3. The fraction of sp³-hybridized carbons (Fsp3) is 0.500. The van der Waals surface area contributed by atoms with Crippen LogP contribution in [-0.4, -0.2) is 32.8 Å². The summed E-state index contributed by atoms with van der Waals surface area (Å²) in [6.45, 7) is 2.05. The van der Waals surface area contributed by atoms with E-state index in [1.807, 2.05) is 6.92 Å². The Morgan fingerprint density at radius 3 is 2.29 bits per heavy atom. The number of halogens is 1. The summed E-state index contributed by atoms with van der Waals surface area (Å²) in [6, 6.07) is 1.73. The first kappa shape index (κ1) is 20.8. The maximum absolute atomic E-state index is 12.5. The largest absolute Gasteiger partial charge is 1.00 e. The van der Waals surface area contributed by atoms with Crippen molar-refractivity contribution >= 4 is 31.0 Å². The normalized spacial score (nSPS) is 11.3. The third-order valence-electron chi connectivity index (χ3n) is 2.89. The molecule has 0 spiro atoms. The van der Waals surface area contributed by atoms with E-state index < -0.39 is 0 Å². The Morgan fingerprint density at radius 1 is 1.29 bits per heavy atom. The zero-order valence-corrected chi connectivity index (χ0v) is 15.9. The second kappa shape index (κ2) is 9.74. The molecule has 0 amide bonds. The molecule has 1 aromatic carbocycles. The molecule has 0 heterocycles. The van der Waals surface area contributed by atoms with Crippen LogP contribution in [0.5, 0.6) is 17.2 Å². The molecule has 0 saturated heterocycles. The predicted molar refractivity (Wildman–Crippen MR) is 87.6 cm³/mol. The Labute approximate surface area is 150 Å². The topological polar surface area (TPSA) is 44.8 Å². The first-order chi connectivity index (χ1) is 9.46. The van der Waals surface area contributed by atoms with Gasteiger partial charge in [0.2, 0.25) is 0 Å². The minimum Gasteiger partial charge on any atom is -1.00 e. The van der Waals surface area contributed by atoms with E-state index in [0.717, 1.165) is 6.42 Å². The van der Waals surface area contributed by atoms with Gasteiger partial charge in [0.15, 0.2) is 17.3 Å². The molecule has 0 radical (unpaired) electrons. The first-order valence-corrected chi connectivity index (χ1v) is 7.69. The van der Waals surface area contributed by atoms with Gasteiger partial charge in [-0.2, -0.15) is 0 Å². The summed E-state index contributed by atoms with van der Waals surface area (Å²) in [4.78, 5) is 12.5. The fourth-order valence-corrected chi connectivity index (χ4v) is 2.62. The van der Waals surface area contributed by atoms with Crippen LogP contribution in [0, 0.1) is 0 Å². The number of hydrogen-bond acceptors (Lipinski definition) is 4. The van der Waals surface area contributed by atoms with E-state index in [1.54, 1.807) is 6.07 Å². The molecule has 2 unspecified atom stereocenters. The van der Waals surface area contributed by atoms with E-state index in [-0.39, 0.29) is 26.1 Å². The molecule has 0 aromatic heterocycles. The van der Waals surface area contributed by atoms with Gasteiger partial charge in [0.25, 0.3) is 0 Å². The van der Waals surface area contributed by atoms with Crippen LogP contribution in [0.1, 0.15) is 31.6 Å². The van der Waals surface area contributed by atoms with Crippen molar-refractivity contribution in [1.29, 1.82) is 0 Å². The van der Waals surface area contributed by atoms with Crippen LogP contribution in [0.2, 0.25) is 0 Å². The number of hydrogen-bond donors (Lipinski definition) is 0. The van der Waals surface area contributed by atoms with Crippen LogP contribution in [0.3, 0.4) is 0 Å². The van der Waals surface area contributed by atoms with Gasteiger partial charge in [0.05, 0.1) is 25.8 Å². The summed E-state index contributed by atoms with van der Waals surface area (Å²) in [5.74, 6) is 1.37. The Hall–Kier alpha value is -0.203. The standard InChI is InChI=1S/C14H20BrO4P.Li.H/c1-8(20)5-6-10(16)12-13(18-3)9(15)7-11(17-2)14(12)19-4;;/h7-8H,5-6,20H2,1-4H3;;/q;+1;-1. The second-order valence-corrected chi connectivity index (χ2v) is 6.43. The molecule has 0 fully saturated rings. The molecular formula is C14H21BrLiO4P. The zero-order chi connectivity index (χ0) is 15.3. The maximum Gasteiger partial charge on any atom is 1.00 e. The van der Waals surface area contributed by atoms with Crippen molar-refractivity contribution in [1.82, 2.24) is 0 Å². The number of methoxy groups -OCH3 is 3. The number of ketones is 1. The van der Waals surface area contributed by atoms with Crippen LogP contribution in [0.15, 0.2) is 10.5 Å². The van der Waals surface area contributed by atoms with E-state index in [1.165, 1.54) is 21.3 Å². The smallest absolute Gasteiger partial charge is 1.00 e. The van der Waals surface area contributed by atoms with Crippen molar-refractivity contribution in [3.8, 4) is 17.2 Å². The monoisotopic (exact) mass is 370 g/mol. The third-order valence-corrected chi connectivity index (χ3v) is 3.81. The van der Waals surface area contributed by atoms with Gasteiger partial charge in [-0.25, -0.2) is 0 Å². The Balaban J connectivity index is 0. The third kappa shape index (κ3) is 5.18. The molecule has 0 bridgehead atoms. The summed E-state index contributed by atoms with van der Waals surface area (Å²) in [7, 11) is 7.27. The van der Waals surface area contributed by atoms with Gasteiger partial charge in [-0.1, -0.05) is 6.92 Å². The number of Topliss-reactive ketones (excluding diaryl/α,β-unsaturated/α-hetero) is 1. The molecule has 2 atom stereocenters. The summed E-state index contributed by atoms with van der Waals surface area (Å²) in [6.07, 6.45) is 1.21. The quantitative estimate of drug-likeness (QED) is 0.405. The van der Waals surface area contributed by atoms with E-state index >= 15 is 0 Å². The van der Waals surface area contributed by atoms with E-state index in [9.17, 15) is 4.79 Å². The predicted octanol–water partition coefficient (Wildman–Crippen LogP) is 0.818. The van der Waals surface area contributed by atoms with E-state index in [2.05, 4.69) is 25.2 Å². The minimum absolute atomic E-state index is 0. The number of benzene rings is 1. The Bertz CT molecular complexity index is 500. The Kier molecular flexibility index (Phi) is 9.65. The van der Waals surface area contributed by atoms with E-state index in [4.69, 9.17) is 14.2 Å². The fourth-order valence-electron chi connectivity index (χ4n) is 1.88. The van der Waals surface area contributed by atoms with Crippen molar-refractivity contribution in [3.05, 3.63) is 16.1 Å². The van der Waals surface area contributed by atoms with Crippen LogP contribution in [0.25, 0.3) is 0 Å². The molecular weight excluding hydrogens is 350 g/mol.